The van der Waals surface area contributed by atoms with Gasteiger partial charge in [-0.05, 0) is 75.3 Å². The second-order valence-corrected chi connectivity index (χ2v) is 9.95. The summed E-state index contributed by atoms with van der Waals surface area (Å²) < 4.78 is 0. The number of hydrogen-bond acceptors (Lipinski definition) is 2. The van der Waals surface area contributed by atoms with E-state index >= 15 is 0 Å². The summed E-state index contributed by atoms with van der Waals surface area (Å²) in [7, 11) is 0. The second-order valence-electron chi connectivity index (χ2n) is 9.95. The molecule has 2 heterocycles. The van der Waals surface area contributed by atoms with E-state index in [2.05, 4.69) is 49.9 Å². The molecule has 4 bridgehead atoms. The molecule has 2 aliphatic heterocycles. The third-order valence-electron chi connectivity index (χ3n) is 8.26. The SMILES string of the molecule is CC[C@]12CC3C(C(C)(C)O)CC1C(Cc1ccccc12)N3CC1CC1. The van der Waals surface area contributed by atoms with Gasteiger partial charge in [0.05, 0.1) is 5.60 Å². The molecule has 1 N–H and O–H groups in total. The van der Waals surface area contributed by atoms with E-state index in [0.717, 1.165) is 5.92 Å². The Bertz CT molecular complexity index is 673. The van der Waals surface area contributed by atoms with Crippen LogP contribution in [0.2, 0.25) is 0 Å². The summed E-state index contributed by atoms with van der Waals surface area (Å²) in [6, 6.07) is 10.5. The molecule has 0 spiro atoms. The summed E-state index contributed by atoms with van der Waals surface area (Å²) in [4.78, 5) is 2.87. The zero-order valence-corrected chi connectivity index (χ0v) is 16.0. The summed E-state index contributed by atoms with van der Waals surface area (Å²) >= 11 is 0. The fourth-order valence-corrected chi connectivity index (χ4v) is 6.88. The first kappa shape index (κ1) is 16.3. The molecule has 2 saturated heterocycles. The van der Waals surface area contributed by atoms with E-state index in [1.54, 1.807) is 11.1 Å². The van der Waals surface area contributed by atoms with E-state index in [-0.39, 0.29) is 0 Å². The molecule has 2 nitrogen and oxygen atoms in total. The summed E-state index contributed by atoms with van der Waals surface area (Å²) in [5.74, 6) is 2.07. The Balaban J connectivity index is 1.61. The normalized spacial score (nSPS) is 40.2. The van der Waals surface area contributed by atoms with Crippen molar-refractivity contribution in [1.82, 2.24) is 4.90 Å². The minimum Gasteiger partial charge on any atom is -0.390 e. The van der Waals surface area contributed by atoms with Crippen LogP contribution in [0.1, 0.15) is 64.0 Å². The van der Waals surface area contributed by atoms with Gasteiger partial charge in [-0.1, -0.05) is 31.2 Å². The van der Waals surface area contributed by atoms with Crippen molar-refractivity contribution in [1.29, 1.82) is 0 Å². The highest BCUT2D eigenvalue weighted by Gasteiger charge is 2.62. The fourth-order valence-electron chi connectivity index (χ4n) is 6.88. The van der Waals surface area contributed by atoms with Gasteiger partial charge in [-0.3, -0.25) is 4.90 Å². The zero-order valence-electron chi connectivity index (χ0n) is 16.0. The second kappa shape index (κ2) is 5.33. The van der Waals surface area contributed by atoms with Gasteiger partial charge in [-0.25, -0.2) is 0 Å². The average molecular weight is 340 g/mol. The molecule has 0 amide bonds. The Kier molecular flexibility index (Phi) is 3.48. The third kappa shape index (κ3) is 2.29. The molecule has 6 rings (SSSR count). The van der Waals surface area contributed by atoms with Crippen molar-refractivity contribution < 1.29 is 5.11 Å². The lowest BCUT2D eigenvalue weighted by atomic mass is 9.47. The number of nitrogens with zero attached hydrogens (tertiary/aromatic N) is 1. The van der Waals surface area contributed by atoms with Crippen LogP contribution in [-0.2, 0) is 11.8 Å². The Labute approximate surface area is 152 Å². The topological polar surface area (TPSA) is 23.5 Å². The lowest BCUT2D eigenvalue weighted by Crippen LogP contribution is -2.71. The lowest BCUT2D eigenvalue weighted by molar-refractivity contribution is -0.158. The van der Waals surface area contributed by atoms with Crippen molar-refractivity contribution in [3.05, 3.63) is 35.4 Å². The number of fused-ring (bicyclic) bond motifs is 2. The van der Waals surface area contributed by atoms with Crippen LogP contribution < -0.4 is 0 Å². The summed E-state index contributed by atoms with van der Waals surface area (Å²) in [5.41, 5.74) is 3.04. The van der Waals surface area contributed by atoms with Crippen LogP contribution in [0.4, 0.5) is 0 Å². The van der Waals surface area contributed by atoms with Gasteiger partial charge in [0.25, 0.3) is 0 Å². The Morgan fingerprint density at radius 3 is 2.64 bits per heavy atom. The predicted octanol–water partition coefficient (Wildman–Crippen LogP) is 4.15. The number of benzene rings is 1. The van der Waals surface area contributed by atoms with Gasteiger partial charge in [0.2, 0.25) is 0 Å². The van der Waals surface area contributed by atoms with Crippen molar-refractivity contribution in [3.8, 4) is 0 Å². The van der Waals surface area contributed by atoms with Gasteiger partial charge in [0.15, 0.2) is 0 Å². The number of rotatable bonds is 4. The van der Waals surface area contributed by atoms with Crippen molar-refractivity contribution in [2.75, 3.05) is 6.54 Å². The predicted molar refractivity (Wildman–Crippen MR) is 102 cm³/mol. The molecule has 0 aromatic heterocycles. The maximum absolute atomic E-state index is 10.9. The molecule has 5 aliphatic rings. The molecule has 136 valence electrons. The molecule has 4 fully saturated rings. The van der Waals surface area contributed by atoms with Gasteiger partial charge >= 0.3 is 0 Å². The number of hydrogen-bond donors (Lipinski definition) is 1. The van der Waals surface area contributed by atoms with Gasteiger partial charge in [-0.2, -0.15) is 0 Å². The summed E-state index contributed by atoms with van der Waals surface area (Å²) in [6.07, 6.45) is 7.78. The van der Waals surface area contributed by atoms with E-state index in [1.165, 1.54) is 45.1 Å². The number of piperidine rings is 2. The first-order valence-electron chi connectivity index (χ1n) is 10.5. The Hall–Kier alpha value is -0.860. The Morgan fingerprint density at radius 1 is 1.20 bits per heavy atom. The first-order valence-corrected chi connectivity index (χ1v) is 10.5. The molecule has 25 heavy (non-hydrogen) atoms. The summed E-state index contributed by atoms with van der Waals surface area (Å²) in [6.45, 7) is 7.79. The molecule has 2 heteroatoms. The van der Waals surface area contributed by atoms with Crippen LogP contribution in [0.3, 0.4) is 0 Å². The molecular formula is C23H33NO. The molecular weight excluding hydrogens is 306 g/mol. The van der Waals surface area contributed by atoms with Crippen molar-refractivity contribution in [2.45, 2.75) is 82.4 Å². The van der Waals surface area contributed by atoms with Crippen LogP contribution in [0.25, 0.3) is 0 Å². The minimum atomic E-state index is -0.561. The quantitative estimate of drug-likeness (QED) is 0.891. The smallest absolute Gasteiger partial charge is 0.0634 e. The van der Waals surface area contributed by atoms with Crippen molar-refractivity contribution >= 4 is 0 Å². The van der Waals surface area contributed by atoms with Crippen LogP contribution in [0.5, 0.6) is 0 Å². The minimum absolute atomic E-state index is 0.353. The van der Waals surface area contributed by atoms with Gasteiger partial charge in [-0.15, -0.1) is 0 Å². The van der Waals surface area contributed by atoms with E-state index in [9.17, 15) is 5.11 Å². The van der Waals surface area contributed by atoms with Crippen LogP contribution >= 0.6 is 0 Å². The highest BCUT2D eigenvalue weighted by molar-refractivity contribution is 5.42. The molecule has 3 aliphatic carbocycles. The fraction of sp³-hybridized carbons (Fsp3) is 0.739. The van der Waals surface area contributed by atoms with Crippen molar-refractivity contribution in [2.24, 2.45) is 17.8 Å². The first-order chi connectivity index (χ1) is 11.9. The van der Waals surface area contributed by atoms with E-state index in [0.29, 0.717) is 29.3 Å². The molecule has 1 aromatic rings. The molecule has 1 aromatic carbocycles. The highest BCUT2D eigenvalue weighted by Crippen LogP contribution is 2.61. The van der Waals surface area contributed by atoms with Gasteiger partial charge in [0.1, 0.15) is 0 Å². The lowest BCUT2D eigenvalue weighted by Gasteiger charge is -2.67. The maximum Gasteiger partial charge on any atom is 0.0634 e. The summed E-state index contributed by atoms with van der Waals surface area (Å²) in [5, 5.41) is 10.9. The van der Waals surface area contributed by atoms with E-state index in [1.807, 2.05) is 0 Å². The van der Waals surface area contributed by atoms with E-state index in [4.69, 9.17) is 0 Å². The Morgan fingerprint density at radius 2 is 1.96 bits per heavy atom. The van der Waals surface area contributed by atoms with Crippen molar-refractivity contribution in [3.63, 3.8) is 0 Å². The maximum atomic E-state index is 10.9. The van der Waals surface area contributed by atoms with E-state index < -0.39 is 5.60 Å². The largest absolute Gasteiger partial charge is 0.390 e. The standard InChI is InChI=1S/C23H33NO/c1-4-23-13-21-18(22(2,3)25)12-19(23)20(24(21)14-15-9-10-15)11-16-7-5-6-8-17(16)23/h5-8,15,18-21,25H,4,9-14H2,1-3H3/t18?,19?,20?,21?,23-/m1/s1. The monoisotopic (exact) mass is 339 g/mol. The molecule has 4 unspecified atom stereocenters. The van der Waals surface area contributed by atoms with Gasteiger partial charge < -0.3 is 5.11 Å². The average Bonchev–Trinajstić information content (AvgIpc) is 3.40. The van der Waals surface area contributed by atoms with Crippen LogP contribution in [0.15, 0.2) is 24.3 Å². The molecule has 0 radical (unpaired) electrons. The highest BCUT2D eigenvalue weighted by atomic mass is 16.3. The third-order valence-corrected chi connectivity index (χ3v) is 8.26. The molecule has 2 saturated carbocycles. The number of aliphatic hydroxyl groups is 1. The van der Waals surface area contributed by atoms with Crippen LogP contribution in [-0.4, -0.2) is 34.2 Å². The zero-order chi connectivity index (χ0) is 17.4. The van der Waals surface area contributed by atoms with Crippen LogP contribution in [0, 0.1) is 17.8 Å². The van der Waals surface area contributed by atoms with Gasteiger partial charge in [0, 0.05) is 30.0 Å². The molecule has 5 atom stereocenters.